The molecule has 1 nitrogen and oxygen atoms in total. The third-order valence-electron chi connectivity index (χ3n) is 7.70. The first-order valence-electron chi connectivity index (χ1n) is 12.5. The van der Waals surface area contributed by atoms with E-state index in [4.69, 9.17) is 0 Å². The van der Waals surface area contributed by atoms with Crippen LogP contribution in [0.1, 0.15) is 78.6 Å². The fraction of sp³-hybridized carbons (Fsp3) is 0.586. The Bertz CT molecular complexity index is 788. The van der Waals surface area contributed by atoms with Gasteiger partial charge < -0.3 is 5.32 Å². The Kier molecular flexibility index (Phi) is 7.31. The largest absolute Gasteiger partial charge is 0.313 e. The second kappa shape index (κ2) is 10.1. The molecule has 1 saturated carbocycles. The van der Waals surface area contributed by atoms with Gasteiger partial charge in [0.2, 0.25) is 0 Å². The summed E-state index contributed by atoms with van der Waals surface area (Å²) in [6.07, 6.45) is 28.4. The minimum absolute atomic E-state index is 0.618. The summed E-state index contributed by atoms with van der Waals surface area (Å²) >= 11 is 0. The van der Waals surface area contributed by atoms with Crippen molar-refractivity contribution < 1.29 is 0 Å². The third kappa shape index (κ3) is 4.99. The van der Waals surface area contributed by atoms with Crippen LogP contribution >= 0.6 is 0 Å². The van der Waals surface area contributed by atoms with Crippen LogP contribution in [0.15, 0.2) is 70.4 Å². The Morgan fingerprint density at radius 1 is 1.00 bits per heavy atom. The molecule has 0 aromatic rings. The van der Waals surface area contributed by atoms with E-state index in [0.717, 1.165) is 6.54 Å². The van der Waals surface area contributed by atoms with Crippen LogP contribution in [-0.2, 0) is 0 Å². The van der Waals surface area contributed by atoms with E-state index < -0.39 is 0 Å². The van der Waals surface area contributed by atoms with Crippen LogP contribution < -0.4 is 5.32 Å². The third-order valence-corrected chi connectivity index (χ3v) is 7.70. The highest BCUT2D eigenvalue weighted by Crippen LogP contribution is 2.45. The summed E-state index contributed by atoms with van der Waals surface area (Å²) in [5, 5.41) is 3.99. The number of rotatable bonds is 8. The van der Waals surface area contributed by atoms with Crippen LogP contribution in [0.2, 0.25) is 0 Å². The Balaban J connectivity index is 1.48. The molecule has 1 heteroatoms. The van der Waals surface area contributed by atoms with Crippen molar-refractivity contribution in [2.45, 2.75) is 84.6 Å². The van der Waals surface area contributed by atoms with Gasteiger partial charge in [0.05, 0.1) is 0 Å². The van der Waals surface area contributed by atoms with Gasteiger partial charge in [-0.3, -0.25) is 0 Å². The SMILES string of the molecule is CCCCC1=C(C)C[C@H]2C(=C1)C=C(C)C=C2C1CCCCC1NCCC1C=CC=C1. The zero-order chi connectivity index (χ0) is 20.9. The molecule has 0 radical (unpaired) electrons. The quantitative estimate of drug-likeness (QED) is 0.440. The molecule has 4 aliphatic carbocycles. The molecule has 0 aliphatic heterocycles. The molecular formula is C29H41N. The van der Waals surface area contributed by atoms with Crippen LogP contribution in [0.3, 0.4) is 0 Å². The first-order chi connectivity index (χ1) is 14.7. The molecule has 4 rings (SSSR count). The predicted molar refractivity (Wildman–Crippen MR) is 130 cm³/mol. The van der Waals surface area contributed by atoms with E-state index in [1.54, 1.807) is 22.3 Å². The molecule has 1 N–H and O–H groups in total. The number of fused-ring (bicyclic) bond motifs is 1. The van der Waals surface area contributed by atoms with E-state index in [0.29, 0.717) is 23.8 Å². The minimum Gasteiger partial charge on any atom is -0.313 e. The van der Waals surface area contributed by atoms with Gasteiger partial charge in [-0.15, -0.1) is 0 Å². The molecule has 0 saturated heterocycles. The molecule has 0 spiro atoms. The standard InChI is InChI=1S/C29H41N/c1-4-5-12-24-20-25-17-21(2)18-28(27(25)19-22(24)3)26-13-8-9-14-29(26)30-16-15-23-10-6-7-11-23/h6-7,10-11,17-18,20,23,26-27,29-30H,4-5,8-9,12-16,19H2,1-3H3/t26?,27-,29?/m0/s1. The van der Waals surface area contributed by atoms with E-state index in [2.05, 4.69) is 68.6 Å². The molecule has 162 valence electrons. The van der Waals surface area contributed by atoms with Crippen LogP contribution in [0.25, 0.3) is 0 Å². The number of allylic oxidation sites excluding steroid dienone is 11. The molecule has 0 bridgehead atoms. The Labute approximate surface area is 184 Å². The van der Waals surface area contributed by atoms with E-state index in [1.807, 2.05) is 0 Å². The van der Waals surface area contributed by atoms with E-state index >= 15 is 0 Å². The molecule has 0 aromatic heterocycles. The van der Waals surface area contributed by atoms with E-state index in [9.17, 15) is 0 Å². The second-order valence-corrected chi connectivity index (χ2v) is 10.0. The topological polar surface area (TPSA) is 12.0 Å². The van der Waals surface area contributed by atoms with Crippen molar-refractivity contribution in [3.05, 3.63) is 70.4 Å². The van der Waals surface area contributed by atoms with Gasteiger partial charge in [0.25, 0.3) is 0 Å². The first-order valence-corrected chi connectivity index (χ1v) is 12.5. The smallest absolute Gasteiger partial charge is 0.0133 e. The van der Waals surface area contributed by atoms with Crippen molar-refractivity contribution >= 4 is 0 Å². The van der Waals surface area contributed by atoms with Gasteiger partial charge in [0, 0.05) is 12.0 Å². The Morgan fingerprint density at radius 3 is 2.60 bits per heavy atom. The van der Waals surface area contributed by atoms with E-state index in [1.165, 1.54) is 63.4 Å². The van der Waals surface area contributed by atoms with Crippen molar-refractivity contribution in [2.24, 2.45) is 17.8 Å². The second-order valence-electron chi connectivity index (χ2n) is 10.0. The average Bonchev–Trinajstić information content (AvgIpc) is 3.26. The molecule has 0 amide bonds. The molecule has 30 heavy (non-hydrogen) atoms. The monoisotopic (exact) mass is 403 g/mol. The number of nitrogens with one attached hydrogen (secondary N) is 1. The zero-order valence-electron chi connectivity index (χ0n) is 19.4. The molecule has 3 atom stereocenters. The van der Waals surface area contributed by atoms with Gasteiger partial charge >= 0.3 is 0 Å². The van der Waals surface area contributed by atoms with Crippen molar-refractivity contribution in [2.75, 3.05) is 6.54 Å². The molecule has 1 fully saturated rings. The fourth-order valence-electron chi connectivity index (χ4n) is 6.00. The summed E-state index contributed by atoms with van der Waals surface area (Å²) in [7, 11) is 0. The summed E-state index contributed by atoms with van der Waals surface area (Å²) in [6, 6.07) is 0.650. The lowest BCUT2D eigenvalue weighted by atomic mass is 9.67. The summed E-state index contributed by atoms with van der Waals surface area (Å²) in [6.45, 7) is 8.13. The molecule has 0 aromatic carbocycles. The van der Waals surface area contributed by atoms with Gasteiger partial charge in [-0.2, -0.15) is 0 Å². The minimum atomic E-state index is 0.618. The van der Waals surface area contributed by atoms with Crippen LogP contribution in [0, 0.1) is 17.8 Å². The van der Waals surface area contributed by atoms with Crippen LogP contribution in [-0.4, -0.2) is 12.6 Å². The average molecular weight is 404 g/mol. The Hall–Kier alpha value is -1.60. The molecule has 0 heterocycles. The summed E-state index contributed by atoms with van der Waals surface area (Å²) in [5.41, 5.74) is 8.02. The highest BCUT2D eigenvalue weighted by Gasteiger charge is 2.35. The summed E-state index contributed by atoms with van der Waals surface area (Å²) in [5.74, 6) is 1.96. The van der Waals surface area contributed by atoms with Gasteiger partial charge in [-0.1, -0.05) is 85.4 Å². The maximum Gasteiger partial charge on any atom is 0.0133 e. The first kappa shape index (κ1) is 21.6. The molecule has 2 unspecified atom stereocenters. The van der Waals surface area contributed by atoms with Gasteiger partial charge in [-0.25, -0.2) is 0 Å². The lowest BCUT2D eigenvalue weighted by Crippen LogP contribution is -2.42. The fourth-order valence-corrected chi connectivity index (χ4v) is 6.00. The zero-order valence-corrected chi connectivity index (χ0v) is 19.4. The van der Waals surface area contributed by atoms with E-state index in [-0.39, 0.29) is 0 Å². The van der Waals surface area contributed by atoms with Crippen molar-refractivity contribution in [3.63, 3.8) is 0 Å². The molecular weight excluding hydrogens is 362 g/mol. The van der Waals surface area contributed by atoms with Gasteiger partial charge in [0.15, 0.2) is 0 Å². The predicted octanol–water partition coefficient (Wildman–Crippen LogP) is 7.61. The highest BCUT2D eigenvalue weighted by molar-refractivity contribution is 5.50. The number of unbranched alkanes of at least 4 members (excludes halogenated alkanes) is 1. The van der Waals surface area contributed by atoms with Crippen molar-refractivity contribution in [1.82, 2.24) is 5.32 Å². The Morgan fingerprint density at radius 2 is 1.80 bits per heavy atom. The summed E-state index contributed by atoms with van der Waals surface area (Å²) in [4.78, 5) is 0. The van der Waals surface area contributed by atoms with Crippen LogP contribution in [0.5, 0.6) is 0 Å². The maximum atomic E-state index is 3.99. The number of hydrogen-bond donors (Lipinski definition) is 1. The van der Waals surface area contributed by atoms with Gasteiger partial charge in [0.1, 0.15) is 0 Å². The van der Waals surface area contributed by atoms with Gasteiger partial charge in [-0.05, 0) is 81.9 Å². The number of hydrogen-bond acceptors (Lipinski definition) is 1. The van der Waals surface area contributed by atoms with Crippen molar-refractivity contribution in [3.8, 4) is 0 Å². The lowest BCUT2D eigenvalue weighted by molar-refractivity contribution is 0.279. The maximum absolute atomic E-state index is 3.99. The summed E-state index contributed by atoms with van der Waals surface area (Å²) < 4.78 is 0. The molecule has 4 aliphatic rings. The lowest BCUT2D eigenvalue weighted by Gasteiger charge is -2.40. The normalized spacial score (nSPS) is 29.0. The van der Waals surface area contributed by atoms with Crippen molar-refractivity contribution in [1.29, 1.82) is 0 Å². The van der Waals surface area contributed by atoms with Crippen LogP contribution in [0.4, 0.5) is 0 Å². The highest BCUT2D eigenvalue weighted by atomic mass is 14.9.